The second-order valence-electron chi connectivity index (χ2n) is 9.96. The number of nitrogens with two attached hydrogens (primary N) is 1. The molecule has 2 heterocycles. The van der Waals surface area contributed by atoms with Crippen LogP contribution in [-0.2, 0) is 20.7 Å². The van der Waals surface area contributed by atoms with E-state index in [-0.39, 0.29) is 11.8 Å². The Morgan fingerprint density at radius 3 is 2.47 bits per heavy atom. The predicted molar refractivity (Wildman–Crippen MR) is 124 cm³/mol. The van der Waals surface area contributed by atoms with Crippen molar-refractivity contribution >= 4 is 11.8 Å². The molecule has 0 bridgehead atoms. The number of nitrogens with one attached hydrogen (secondary N) is 2. The van der Waals surface area contributed by atoms with Crippen LogP contribution in [-0.4, -0.2) is 67.7 Å². The third-order valence-electron chi connectivity index (χ3n) is 7.31. The fraction of sp³-hybridized carbons (Fsp3) is 0.680. The van der Waals surface area contributed by atoms with Gasteiger partial charge in [-0.3, -0.25) is 9.59 Å². The molecule has 3 fully saturated rings. The van der Waals surface area contributed by atoms with E-state index < -0.39 is 11.6 Å². The van der Waals surface area contributed by atoms with Crippen LogP contribution in [0.25, 0.3) is 0 Å². The Hall–Kier alpha value is -1.96. The van der Waals surface area contributed by atoms with Crippen molar-refractivity contribution in [2.45, 2.75) is 56.5 Å². The molecular weight excluding hydrogens is 404 g/mol. The smallest absolute Gasteiger partial charge is 0.242 e. The summed E-state index contributed by atoms with van der Waals surface area (Å²) < 4.78 is 5.45. The summed E-state index contributed by atoms with van der Waals surface area (Å²) in [6.07, 6.45) is 6.07. The Kier molecular flexibility index (Phi) is 7.81. The number of ether oxygens (including phenoxy) is 1. The summed E-state index contributed by atoms with van der Waals surface area (Å²) in [7, 11) is 0. The Balaban J connectivity index is 1.26. The molecule has 0 radical (unpaired) electrons. The molecule has 176 valence electrons. The van der Waals surface area contributed by atoms with E-state index in [0.717, 1.165) is 70.0 Å². The lowest BCUT2D eigenvalue weighted by Gasteiger charge is -2.42. The van der Waals surface area contributed by atoms with Gasteiger partial charge in [0, 0.05) is 51.7 Å². The van der Waals surface area contributed by atoms with E-state index in [4.69, 9.17) is 10.5 Å². The first-order valence-electron chi connectivity index (χ1n) is 12.2. The van der Waals surface area contributed by atoms with Gasteiger partial charge in [-0.2, -0.15) is 0 Å². The van der Waals surface area contributed by atoms with Gasteiger partial charge in [-0.1, -0.05) is 43.2 Å². The summed E-state index contributed by atoms with van der Waals surface area (Å²) in [6.45, 7) is 5.61. The van der Waals surface area contributed by atoms with Crippen LogP contribution in [0.1, 0.15) is 44.1 Å². The van der Waals surface area contributed by atoms with E-state index in [1.54, 1.807) is 0 Å². The minimum absolute atomic E-state index is 0.119. The molecule has 3 aliphatic rings. The SMILES string of the molecule is NC1(C(=O)N[C@H](Cc2ccccc2)C(=O)NCC2CN(CC3CCOCC3)C2)CCCC1. The minimum Gasteiger partial charge on any atom is -0.381 e. The largest absolute Gasteiger partial charge is 0.381 e. The van der Waals surface area contributed by atoms with Gasteiger partial charge in [0.1, 0.15) is 6.04 Å². The van der Waals surface area contributed by atoms with Crippen molar-refractivity contribution in [2.75, 3.05) is 39.4 Å². The molecule has 0 unspecified atom stereocenters. The molecule has 32 heavy (non-hydrogen) atoms. The van der Waals surface area contributed by atoms with Gasteiger partial charge in [-0.25, -0.2) is 0 Å². The lowest BCUT2D eigenvalue weighted by molar-refractivity contribution is -0.132. The zero-order valence-corrected chi connectivity index (χ0v) is 19.1. The van der Waals surface area contributed by atoms with Gasteiger partial charge in [0.2, 0.25) is 11.8 Å². The Bertz CT molecular complexity index is 754. The maximum atomic E-state index is 13.1. The van der Waals surface area contributed by atoms with Crippen molar-refractivity contribution in [3.63, 3.8) is 0 Å². The van der Waals surface area contributed by atoms with Gasteiger partial charge in [0.25, 0.3) is 0 Å². The Labute approximate surface area is 191 Å². The minimum atomic E-state index is -0.839. The molecule has 4 N–H and O–H groups in total. The number of hydrogen-bond acceptors (Lipinski definition) is 5. The second kappa shape index (κ2) is 10.8. The monoisotopic (exact) mass is 442 g/mol. The molecule has 7 nitrogen and oxygen atoms in total. The highest BCUT2D eigenvalue weighted by atomic mass is 16.5. The standard InChI is InChI=1S/C25H38N4O3/c26-25(10-4-5-11-25)24(31)28-22(14-19-6-2-1-3-7-19)23(30)27-15-21-17-29(18-21)16-20-8-12-32-13-9-20/h1-3,6-7,20-22H,4-5,8-18,26H2,(H,27,30)(H,28,31)/t22-/m1/s1. The zero-order valence-electron chi connectivity index (χ0n) is 19.1. The first-order valence-corrected chi connectivity index (χ1v) is 12.2. The van der Waals surface area contributed by atoms with Crippen molar-refractivity contribution in [3.8, 4) is 0 Å². The van der Waals surface area contributed by atoms with E-state index in [1.165, 1.54) is 0 Å². The first kappa shape index (κ1) is 23.2. The molecule has 1 atom stereocenters. The fourth-order valence-electron chi connectivity index (χ4n) is 5.21. The predicted octanol–water partition coefficient (Wildman–Crippen LogP) is 1.46. The lowest BCUT2D eigenvalue weighted by atomic mass is 9.94. The van der Waals surface area contributed by atoms with E-state index in [9.17, 15) is 9.59 Å². The maximum absolute atomic E-state index is 13.1. The molecule has 0 aromatic heterocycles. The molecule has 1 aliphatic carbocycles. The number of carbonyl (C=O) groups is 2. The lowest BCUT2D eigenvalue weighted by Crippen LogP contribution is -2.59. The number of benzene rings is 1. The Morgan fingerprint density at radius 2 is 1.78 bits per heavy atom. The van der Waals surface area contributed by atoms with E-state index in [0.29, 0.717) is 31.7 Å². The summed E-state index contributed by atoms with van der Waals surface area (Å²) in [5.41, 5.74) is 6.52. The van der Waals surface area contributed by atoms with Crippen LogP contribution in [0.3, 0.4) is 0 Å². The number of carbonyl (C=O) groups excluding carboxylic acids is 2. The number of rotatable bonds is 9. The van der Waals surface area contributed by atoms with Gasteiger partial charge in [0.05, 0.1) is 5.54 Å². The van der Waals surface area contributed by atoms with Gasteiger partial charge < -0.3 is 26.0 Å². The molecule has 0 spiro atoms. The highest BCUT2D eigenvalue weighted by Crippen LogP contribution is 2.27. The summed E-state index contributed by atoms with van der Waals surface area (Å²) in [5, 5.41) is 6.07. The number of amides is 2. The summed E-state index contributed by atoms with van der Waals surface area (Å²) in [4.78, 5) is 28.4. The fourth-order valence-corrected chi connectivity index (χ4v) is 5.21. The summed E-state index contributed by atoms with van der Waals surface area (Å²) in [6, 6.07) is 9.22. The molecule has 2 amide bonds. The van der Waals surface area contributed by atoms with Crippen LogP contribution >= 0.6 is 0 Å². The summed E-state index contributed by atoms with van der Waals surface area (Å²) >= 11 is 0. The van der Waals surface area contributed by atoms with Gasteiger partial charge in [-0.05, 0) is 37.2 Å². The molecule has 2 saturated heterocycles. The molecule has 1 aromatic carbocycles. The molecule has 4 rings (SSSR count). The highest BCUT2D eigenvalue weighted by molar-refractivity contribution is 5.92. The number of likely N-dealkylation sites (tertiary alicyclic amines) is 1. The second-order valence-corrected chi connectivity index (χ2v) is 9.96. The van der Waals surface area contributed by atoms with Crippen molar-refractivity contribution in [2.24, 2.45) is 17.6 Å². The normalized spacial score (nSPS) is 22.8. The van der Waals surface area contributed by atoms with E-state index in [2.05, 4.69) is 15.5 Å². The van der Waals surface area contributed by atoms with Crippen molar-refractivity contribution in [1.82, 2.24) is 15.5 Å². The number of hydrogen-bond donors (Lipinski definition) is 3. The summed E-state index contributed by atoms with van der Waals surface area (Å²) in [5.74, 6) is 0.899. The zero-order chi connectivity index (χ0) is 22.4. The van der Waals surface area contributed by atoms with Crippen molar-refractivity contribution in [3.05, 3.63) is 35.9 Å². The third kappa shape index (κ3) is 6.09. The van der Waals surface area contributed by atoms with Crippen LogP contribution in [0.2, 0.25) is 0 Å². The van der Waals surface area contributed by atoms with Gasteiger partial charge >= 0.3 is 0 Å². The molecule has 1 saturated carbocycles. The molecular formula is C25H38N4O3. The van der Waals surface area contributed by atoms with Crippen molar-refractivity contribution < 1.29 is 14.3 Å². The van der Waals surface area contributed by atoms with Crippen molar-refractivity contribution in [1.29, 1.82) is 0 Å². The quantitative estimate of drug-likeness (QED) is 0.538. The first-order chi connectivity index (χ1) is 15.5. The Morgan fingerprint density at radius 1 is 1.09 bits per heavy atom. The van der Waals surface area contributed by atoms with Crippen LogP contribution < -0.4 is 16.4 Å². The number of nitrogens with zero attached hydrogens (tertiary/aromatic N) is 1. The van der Waals surface area contributed by atoms with Crippen LogP contribution in [0.15, 0.2) is 30.3 Å². The van der Waals surface area contributed by atoms with E-state index in [1.807, 2.05) is 30.3 Å². The molecule has 2 aliphatic heterocycles. The highest BCUT2D eigenvalue weighted by Gasteiger charge is 2.39. The average molecular weight is 443 g/mol. The van der Waals surface area contributed by atoms with Crippen LogP contribution in [0, 0.1) is 11.8 Å². The average Bonchev–Trinajstić information content (AvgIpc) is 3.24. The van der Waals surface area contributed by atoms with Gasteiger partial charge in [0.15, 0.2) is 0 Å². The molecule has 7 heteroatoms. The van der Waals surface area contributed by atoms with Crippen LogP contribution in [0.5, 0.6) is 0 Å². The molecule has 1 aromatic rings. The third-order valence-corrected chi connectivity index (χ3v) is 7.31. The van der Waals surface area contributed by atoms with Gasteiger partial charge in [-0.15, -0.1) is 0 Å². The van der Waals surface area contributed by atoms with E-state index >= 15 is 0 Å². The van der Waals surface area contributed by atoms with Crippen LogP contribution in [0.4, 0.5) is 0 Å². The topological polar surface area (TPSA) is 96.7 Å². The maximum Gasteiger partial charge on any atom is 0.242 e.